The van der Waals surface area contributed by atoms with Crippen LogP contribution in [0.3, 0.4) is 0 Å². The molecule has 0 radical (unpaired) electrons. The molecule has 2 nitrogen and oxygen atoms in total. The van der Waals surface area contributed by atoms with Crippen LogP contribution in [-0.4, -0.2) is 10.8 Å². The third kappa shape index (κ3) is 2.48. The van der Waals surface area contributed by atoms with E-state index >= 15 is 0 Å². The van der Waals surface area contributed by atoms with Crippen LogP contribution in [0.25, 0.3) is 0 Å². The molecule has 102 valence electrons. The lowest BCUT2D eigenvalue weighted by molar-refractivity contribution is 0.0900. The molecule has 0 amide bonds. The van der Waals surface area contributed by atoms with Gasteiger partial charge in [-0.05, 0) is 42.7 Å². The summed E-state index contributed by atoms with van der Waals surface area (Å²) in [5, 5.41) is 0.735. The zero-order valence-electron chi connectivity index (χ0n) is 11.2. The van der Waals surface area contributed by atoms with Gasteiger partial charge in [-0.1, -0.05) is 36.2 Å². The quantitative estimate of drug-likeness (QED) is 0.778. The van der Waals surface area contributed by atoms with Crippen molar-refractivity contribution in [3.8, 4) is 0 Å². The summed E-state index contributed by atoms with van der Waals surface area (Å²) in [7, 11) is 0. The number of ketones is 1. The second-order valence-electron chi connectivity index (χ2n) is 5.46. The first-order valence-corrected chi connectivity index (χ1v) is 7.28. The summed E-state index contributed by atoms with van der Waals surface area (Å²) >= 11 is 6.09. The van der Waals surface area contributed by atoms with E-state index in [0.717, 1.165) is 17.9 Å². The van der Waals surface area contributed by atoms with Crippen molar-refractivity contribution in [1.82, 2.24) is 4.98 Å². The maximum absolute atomic E-state index is 12.4. The molecule has 0 saturated heterocycles. The van der Waals surface area contributed by atoms with E-state index < -0.39 is 0 Å². The molecule has 2 aromatic rings. The van der Waals surface area contributed by atoms with Crippen LogP contribution >= 0.6 is 11.6 Å². The molecule has 1 aliphatic carbocycles. The molecule has 3 rings (SSSR count). The van der Waals surface area contributed by atoms with Gasteiger partial charge in [0.05, 0.1) is 0 Å². The lowest BCUT2D eigenvalue weighted by Crippen LogP contribution is -2.36. The zero-order chi connectivity index (χ0) is 14.0. The molecule has 1 aromatic heterocycles. The van der Waals surface area contributed by atoms with E-state index in [1.165, 1.54) is 12.0 Å². The van der Waals surface area contributed by atoms with Gasteiger partial charge in [-0.3, -0.25) is 9.78 Å². The number of aromatic nitrogens is 1. The van der Waals surface area contributed by atoms with Crippen molar-refractivity contribution in [1.29, 1.82) is 0 Å². The van der Waals surface area contributed by atoms with Gasteiger partial charge < -0.3 is 0 Å². The van der Waals surface area contributed by atoms with Crippen LogP contribution in [0.4, 0.5) is 0 Å². The third-order valence-corrected chi connectivity index (χ3v) is 4.43. The number of benzene rings is 1. The minimum atomic E-state index is -0.0422. The lowest BCUT2D eigenvalue weighted by Gasteiger charge is -2.42. The van der Waals surface area contributed by atoms with Crippen molar-refractivity contribution in [3.63, 3.8) is 0 Å². The molecule has 1 fully saturated rings. The maximum Gasteiger partial charge on any atom is 0.182 e. The Bertz CT molecular complexity index is 620. The minimum Gasteiger partial charge on any atom is -0.292 e. The van der Waals surface area contributed by atoms with Crippen molar-refractivity contribution in [2.75, 3.05) is 0 Å². The van der Waals surface area contributed by atoms with Crippen LogP contribution in [0.15, 0.2) is 48.7 Å². The summed E-state index contributed by atoms with van der Waals surface area (Å²) in [4.78, 5) is 16.6. The number of halogens is 1. The van der Waals surface area contributed by atoms with Gasteiger partial charge in [-0.15, -0.1) is 0 Å². The highest BCUT2D eigenvalue weighted by Gasteiger charge is 2.40. The van der Waals surface area contributed by atoms with Crippen LogP contribution in [0.5, 0.6) is 0 Å². The Morgan fingerprint density at radius 3 is 2.65 bits per heavy atom. The van der Waals surface area contributed by atoms with Gasteiger partial charge in [0.1, 0.15) is 5.69 Å². The SMILES string of the molecule is O=C(CC1(c2cccc(Cl)c2)CCC1)c1ccccn1. The number of rotatable bonds is 4. The molecule has 20 heavy (non-hydrogen) atoms. The maximum atomic E-state index is 12.4. The summed E-state index contributed by atoms with van der Waals surface area (Å²) in [5.74, 6) is 0.116. The average Bonchev–Trinajstić information content (AvgIpc) is 2.43. The second-order valence-corrected chi connectivity index (χ2v) is 5.90. The van der Waals surface area contributed by atoms with E-state index in [4.69, 9.17) is 11.6 Å². The average molecular weight is 286 g/mol. The Kier molecular flexibility index (Phi) is 3.58. The Hall–Kier alpha value is -1.67. The molecule has 1 heterocycles. The Morgan fingerprint density at radius 1 is 1.20 bits per heavy atom. The van der Waals surface area contributed by atoms with Gasteiger partial charge in [0.25, 0.3) is 0 Å². The fraction of sp³-hybridized carbons (Fsp3) is 0.294. The first-order chi connectivity index (χ1) is 9.70. The predicted molar refractivity (Wildman–Crippen MR) is 80.2 cm³/mol. The summed E-state index contributed by atoms with van der Waals surface area (Å²) in [6.45, 7) is 0. The Morgan fingerprint density at radius 2 is 2.05 bits per heavy atom. The van der Waals surface area contributed by atoms with Crippen molar-refractivity contribution < 1.29 is 4.79 Å². The Labute approximate surface area is 123 Å². The minimum absolute atomic E-state index is 0.0422. The number of hydrogen-bond donors (Lipinski definition) is 0. The van der Waals surface area contributed by atoms with Gasteiger partial charge in [-0.2, -0.15) is 0 Å². The number of pyridine rings is 1. The molecule has 0 unspecified atom stereocenters. The van der Waals surface area contributed by atoms with Crippen LogP contribution in [0, 0.1) is 0 Å². The zero-order valence-corrected chi connectivity index (χ0v) is 11.9. The number of hydrogen-bond acceptors (Lipinski definition) is 2. The van der Waals surface area contributed by atoms with Gasteiger partial charge in [0.15, 0.2) is 5.78 Å². The van der Waals surface area contributed by atoms with Crippen LogP contribution in [0.2, 0.25) is 5.02 Å². The first kappa shape index (κ1) is 13.3. The van der Waals surface area contributed by atoms with Crippen LogP contribution in [0.1, 0.15) is 41.7 Å². The van der Waals surface area contributed by atoms with E-state index in [2.05, 4.69) is 11.1 Å². The normalized spacial score (nSPS) is 16.4. The smallest absolute Gasteiger partial charge is 0.182 e. The number of carbonyl (C=O) groups is 1. The molecular weight excluding hydrogens is 270 g/mol. The molecule has 0 atom stereocenters. The predicted octanol–water partition coefficient (Wildman–Crippen LogP) is 4.43. The monoisotopic (exact) mass is 285 g/mol. The lowest BCUT2D eigenvalue weighted by atomic mass is 9.62. The van der Waals surface area contributed by atoms with Gasteiger partial charge in [-0.25, -0.2) is 0 Å². The molecule has 0 N–H and O–H groups in total. The van der Waals surface area contributed by atoms with Crippen LogP contribution in [-0.2, 0) is 5.41 Å². The molecular formula is C17H16ClNO. The van der Waals surface area contributed by atoms with E-state index in [1.54, 1.807) is 12.3 Å². The van der Waals surface area contributed by atoms with Gasteiger partial charge >= 0.3 is 0 Å². The molecule has 1 saturated carbocycles. The van der Waals surface area contributed by atoms with E-state index in [-0.39, 0.29) is 11.2 Å². The summed E-state index contributed by atoms with van der Waals surface area (Å²) < 4.78 is 0. The number of nitrogens with zero attached hydrogens (tertiary/aromatic N) is 1. The molecule has 1 aromatic carbocycles. The fourth-order valence-corrected chi connectivity index (χ4v) is 3.11. The number of Topliss-reactive ketones (excluding diaryl/α,β-unsaturated/α-hetero) is 1. The van der Waals surface area contributed by atoms with Gasteiger partial charge in [0.2, 0.25) is 0 Å². The van der Waals surface area contributed by atoms with Crippen molar-refractivity contribution >= 4 is 17.4 Å². The van der Waals surface area contributed by atoms with Crippen molar-refractivity contribution in [2.24, 2.45) is 0 Å². The van der Waals surface area contributed by atoms with Crippen molar-refractivity contribution in [3.05, 3.63) is 64.9 Å². The topological polar surface area (TPSA) is 30.0 Å². The highest BCUT2D eigenvalue weighted by atomic mass is 35.5. The van der Waals surface area contributed by atoms with Crippen molar-refractivity contribution in [2.45, 2.75) is 31.1 Å². The highest BCUT2D eigenvalue weighted by molar-refractivity contribution is 6.30. The van der Waals surface area contributed by atoms with Crippen LogP contribution < -0.4 is 0 Å². The number of carbonyl (C=O) groups excluding carboxylic acids is 1. The first-order valence-electron chi connectivity index (χ1n) is 6.90. The summed E-state index contributed by atoms with van der Waals surface area (Å²) in [6, 6.07) is 13.4. The highest BCUT2D eigenvalue weighted by Crippen LogP contribution is 2.47. The van der Waals surface area contributed by atoms with E-state index in [1.807, 2.05) is 30.3 Å². The van der Waals surface area contributed by atoms with E-state index in [0.29, 0.717) is 12.1 Å². The van der Waals surface area contributed by atoms with Gasteiger partial charge in [0, 0.05) is 23.1 Å². The third-order valence-electron chi connectivity index (χ3n) is 4.20. The molecule has 0 aliphatic heterocycles. The second kappa shape index (κ2) is 5.37. The fourth-order valence-electron chi connectivity index (χ4n) is 2.92. The summed E-state index contributed by atoms with van der Waals surface area (Å²) in [5.41, 5.74) is 1.70. The molecule has 0 spiro atoms. The molecule has 3 heteroatoms. The Balaban J connectivity index is 1.85. The standard InChI is InChI=1S/C17H16ClNO/c18-14-6-3-5-13(11-14)17(8-4-9-17)12-16(20)15-7-1-2-10-19-15/h1-3,5-7,10-11H,4,8-9,12H2. The van der Waals surface area contributed by atoms with E-state index in [9.17, 15) is 4.79 Å². The molecule has 0 bridgehead atoms. The largest absolute Gasteiger partial charge is 0.292 e. The summed E-state index contributed by atoms with van der Waals surface area (Å²) in [6.07, 6.45) is 5.45. The molecule has 1 aliphatic rings.